The van der Waals surface area contributed by atoms with Gasteiger partial charge >= 0.3 is 0 Å². The van der Waals surface area contributed by atoms with Crippen LogP contribution in [0.5, 0.6) is 0 Å². The normalized spacial score (nSPS) is 17.1. The van der Waals surface area contributed by atoms with Crippen molar-refractivity contribution in [3.8, 4) is 0 Å². The molecule has 2 nitrogen and oxygen atoms in total. The van der Waals surface area contributed by atoms with Gasteiger partial charge in [0.25, 0.3) is 0 Å². The Hall–Kier alpha value is -0.380. The third-order valence-electron chi connectivity index (χ3n) is 3.65. The number of rotatable bonds is 6. The molecule has 1 aromatic carbocycles. The van der Waals surface area contributed by atoms with Crippen molar-refractivity contribution in [3.05, 3.63) is 33.8 Å². The van der Waals surface area contributed by atoms with Crippen molar-refractivity contribution in [1.29, 1.82) is 0 Å². The van der Waals surface area contributed by atoms with Gasteiger partial charge in [-0.2, -0.15) is 0 Å². The number of aliphatic hydroxyl groups excluding tert-OH is 1. The zero-order chi connectivity index (χ0) is 12.3. The number of nitrogens with one attached hydrogen (secondary N) is 1. The van der Waals surface area contributed by atoms with Gasteiger partial charge in [-0.25, -0.2) is 0 Å². The van der Waals surface area contributed by atoms with E-state index in [9.17, 15) is 0 Å². The minimum atomic E-state index is 0.319. The van der Waals surface area contributed by atoms with Gasteiger partial charge in [-0.3, -0.25) is 0 Å². The Morgan fingerprint density at radius 1 is 1.41 bits per heavy atom. The molecule has 0 aliphatic heterocycles. The van der Waals surface area contributed by atoms with Crippen LogP contribution in [0.25, 0.3) is 0 Å². The smallest absolute Gasteiger partial charge is 0.0436 e. The second kappa shape index (κ2) is 5.51. The summed E-state index contributed by atoms with van der Waals surface area (Å²) >= 11 is 3.51. The second-order valence-corrected chi connectivity index (χ2v) is 6.02. The highest BCUT2D eigenvalue weighted by Crippen LogP contribution is 2.47. The van der Waals surface area contributed by atoms with Crippen LogP contribution in [-0.4, -0.2) is 18.3 Å². The van der Waals surface area contributed by atoms with Crippen LogP contribution in [0.1, 0.15) is 30.4 Å². The van der Waals surface area contributed by atoms with E-state index in [0.29, 0.717) is 12.0 Å². The van der Waals surface area contributed by atoms with Gasteiger partial charge in [0.05, 0.1) is 0 Å². The number of hydrogen-bond donors (Lipinski definition) is 2. The number of benzene rings is 1. The lowest BCUT2D eigenvalue weighted by Gasteiger charge is -2.14. The maximum absolute atomic E-state index is 8.99. The van der Waals surface area contributed by atoms with Crippen LogP contribution in [-0.2, 0) is 6.54 Å². The number of halogens is 1. The van der Waals surface area contributed by atoms with Gasteiger partial charge in [0.2, 0.25) is 0 Å². The first kappa shape index (κ1) is 13.1. The van der Waals surface area contributed by atoms with Crippen molar-refractivity contribution in [1.82, 2.24) is 5.32 Å². The van der Waals surface area contributed by atoms with E-state index < -0.39 is 0 Å². The molecule has 0 radical (unpaired) electrons. The molecule has 1 aliphatic carbocycles. The Bertz CT molecular complexity index is 388. The average Bonchev–Trinajstić information content (AvgIpc) is 3.04. The van der Waals surface area contributed by atoms with Crippen molar-refractivity contribution in [3.63, 3.8) is 0 Å². The van der Waals surface area contributed by atoms with Gasteiger partial charge in [0.15, 0.2) is 0 Å². The van der Waals surface area contributed by atoms with Crippen molar-refractivity contribution >= 4 is 15.9 Å². The standard InChI is InChI=1S/C14H20BrNO/c1-11-8-12(2-3-13(11)15)9-16-10-14(4-5-14)6-7-17/h2-3,8,16-17H,4-7,9-10H2,1H3. The number of aryl methyl sites for hydroxylation is 1. The molecule has 0 bridgehead atoms. The monoisotopic (exact) mass is 297 g/mol. The third kappa shape index (κ3) is 3.54. The summed E-state index contributed by atoms with van der Waals surface area (Å²) in [6, 6.07) is 6.46. The molecule has 0 heterocycles. The average molecular weight is 298 g/mol. The van der Waals surface area contributed by atoms with Crippen LogP contribution in [0.3, 0.4) is 0 Å². The molecular weight excluding hydrogens is 278 g/mol. The summed E-state index contributed by atoms with van der Waals surface area (Å²) in [6.45, 7) is 4.38. The molecule has 1 fully saturated rings. The Labute approximate surface area is 112 Å². The Morgan fingerprint density at radius 2 is 2.18 bits per heavy atom. The van der Waals surface area contributed by atoms with E-state index in [4.69, 9.17) is 5.11 Å². The van der Waals surface area contributed by atoms with E-state index >= 15 is 0 Å². The highest BCUT2D eigenvalue weighted by molar-refractivity contribution is 9.10. The summed E-state index contributed by atoms with van der Waals surface area (Å²) < 4.78 is 1.17. The molecule has 2 N–H and O–H groups in total. The summed E-state index contributed by atoms with van der Waals surface area (Å²) in [5, 5.41) is 12.5. The molecule has 0 unspecified atom stereocenters. The molecule has 0 amide bonds. The minimum absolute atomic E-state index is 0.319. The Kier molecular flexibility index (Phi) is 4.23. The van der Waals surface area contributed by atoms with Gasteiger partial charge in [-0.15, -0.1) is 0 Å². The van der Waals surface area contributed by atoms with E-state index in [-0.39, 0.29) is 0 Å². The van der Waals surface area contributed by atoms with Crippen LogP contribution in [0.4, 0.5) is 0 Å². The van der Waals surface area contributed by atoms with Crippen LogP contribution < -0.4 is 5.32 Å². The topological polar surface area (TPSA) is 32.3 Å². The van der Waals surface area contributed by atoms with E-state index in [2.05, 4.69) is 46.4 Å². The van der Waals surface area contributed by atoms with E-state index in [1.165, 1.54) is 28.4 Å². The third-order valence-corrected chi connectivity index (χ3v) is 4.54. The molecule has 0 atom stereocenters. The lowest BCUT2D eigenvalue weighted by molar-refractivity contribution is 0.245. The molecule has 0 saturated heterocycles. The fourth-order valence-electron chi connectivity index (χ4n) is 2.22. The summed E-state index contributed by atoms with van der Waals surface area (Å²) in [7, 11) is 0. The largest absolute Gasteiger partial charge is 0.396 e. The molecular formula is C14H20BrNO. The van der Waals surface area contributed by atoms with E-state index in [0.717, 1.165) is 19.5 Å². The van der Waals surface area contributed by atoms with Crippen molar-refractivity contribution in [2.24, 2.45) is 5.41 Å². The first-order chi connectivity index (χ1) is 8.15. The SMILES string of the molecule is Cc1cc(CNCC2(CCO)CC2)ccc1Br. The fourth-order valence-corrected chi connectivity index (χ4v) is 2.46. The predicted octanol–water partition coefficient (Wildman–Crippen LogP) is 3.01. The van der Waals surface area contributed by atoms with Crippen LogP contribution in [0.2, 0.25) is 0 Å². The van der Waals surface area contributed by atoms with Crippen molar-refractivity contribution in [2.75, 3.05) is 13.2 Å². The molecule has 0 spiro atoms. The summed E-state index contributed by atoms with van der Waals surface area (Å²) in [4.78, 5) is 0. The maximum atomic E-state index is 8.99. The van der Waals surface area contributed by atoms with Crippen LogP contribution >= 0.6 is 15.9 Å². The highest BCUT2D eigenvalue weighted by Gasteiger charge is 2.41. The lowest BCUT2D eigenvalue weighted by Crippen LogP contribution is -2.24. The lowest BCUT2D eigenvalue weighted by atomic mass is 10.0. The molecule has 1 aliphatic rings. The van der Waals surface area contributed by atoms with Crippen LogP contribution in [0.15, 0.2) is 22.7 Å². The molecule has 1 saturated carbocycles. The number of hydrogen-bond acceptors (Lipinski definition) is 2. The second-order valence-electron chi connectivity index (χ2n) is 5.16. The first-order valence-corrected chi connectivity index (χ1v) is 7.01. The highest BCUT2D eigenvalue weighted by atomic mass is 79.9. The summed E-state index contributed by atoms with van der Waals surface area (Å²) in [6.07, 6.45) is 3.47. The summed E-state index contributed by atoms with van der Waals surface area (Å²) in [5.74, 6) is 0. The molecule has 2 rings (SSSR count). The Balaban J connectivity index is 1.80. The molecule has 17 heavy (non-hydrogen) atoms. The maximum Gasteiger partial charge on any atom is 0.0436 e. The molecule has 0 aromatic heterocycles. The quantitative estimate of drug-likeness (QED) is 0.846. The van der Waals surface area contributed by atoms with E-state index in [1.807, 2.05) is 0 Å². The zero-order valence-corrected chi connectivity index (χ0v) is 11.9. The first-order valence-electron chi connectivity index (χ1n) is 6.22. The van der Waals surface area contributed by atoms with Gasteiger partial charge in [-0.1, -0.05) is 28.1 Å². The van der Waals surface area contributed by atoms with Gasteiger partial charge in [0, 0.05) is 24.2 Å². The summed E-state index contributed by atoms with van der Waals surface area (Å²) in [5.41, 5.74) is 3.00. The molecule has 1 aromatic rings. The minimum Gasteiger partial charge on any atom is -0.396 e. The van der Waals surface area contributed by atoms with Crippen LogP contribution in [0, 0.1) is 12.3 Å². The fraction of sp³-hybridized carbons (Fsp3) is 0.571. The molecule has 3 heteroatoms. The van der Waals surface area contributed by atoms with Gasteiger partial charge in [-0.05, 0) is 48.8 Å². The van der Waals surface area contributed by atoms with E-state index in [1.54, 1.807) is 0 Å². The van der Waals surface area contributed by atoms with Crippen molar-refractivity contribution in [2.45, 2.75) is 32.7 Å². The predicted molar refractivity (Wildman–Crippen MR) is 74.0 cm³/mol. The van der Waals surface area contributed by atoms with Crippen molar-refractivity contribution < 1.29 is 5.11 Å². The van der Waals surface area contributed by atoms with Gasteiger partial charge in [0.1, 0.15) is 0 Å². The molecule has 94 valence electrons. The Morgan fingerprint density at radius 3 is 2.76 bits per heavy atom. The zero-order valence-electron chi connectivity index (χ0n) is 10.3. The van der Waals surface area contributed by atoms with Gasteiger partial charge < -0.3 is 10.4 Å². The number of aliphatic hydroxyl groups is 1.